The van der Waals surface area contributed by atoms with E-state index in [0.717, 1.165) is 12.0 Å². The molecule has 112 valence electrons. The minimum Gasteiger partial charge on any atom is -0.324 e. The zero-order chi connectivity index (χ0) is 15.4. The summed E-state index contributed by atoms with van der Waals surface area (Å²) < 4.78 is 2.10. The third kappa shape index (κ3) is 3.86. The first-order chi connectivity index (χ1) is 10.7. The Morgan fingerprint density at radius 3 is 2.59 bits per heavy atom. The van der Waals surface area contributed by atoms with Crippen LogP contribution in [0.1, 0.15) is 10.9 Å². The van der Waals surface area contributed by atoms with Gasteiger partial charge in [0.25, 0.3) is 0 Å². The van der Waals surface area contributed by atoms with Gasteiger partial charge in [-0.3, -0.25) is 0 Å². The van der Waals surface area contributed by atoms with E-state index in [1.165, 1.54) is 4.90 Å². The summed E-state index contributed by atoms with van der Waals surface area (Å²) in [5, 5.41) is 1.54. The molecule has 0 saturated carbocycles. The maximum atomic E-state index is 6.32. The Morgan fingerprint density at radius 1 is 1.09 bits per heavy atom. The normalized spacial score (nSPS) is 12.3. The Labute approximate surface area is 144 Å². The van der Waals surface area contributed by atoms with Crippen molar-refractivity contribution in [1.82, 2.24) is 9.55 Å². The van der Waals surface area contributed by atoms with Gasteiger partial charge in [-0.25, -0.2) is 4.98 Å². The molecule has 1 unspecified atom stereocenters. The predicted octanol–water partition coefficient (Wildman–Crippen LogP) is 5.72. The van der Waals surface area contributed by atoms with Crippen LogP contribution in [0, 0.1) is 0 Å². The molecule has 0 saturated heterocycles. The number of hydrogen-bond donors (Lipinski definition) is 0. The van der Waals surface area contributed by atoms with E-state index in [1.807, 2.05) is 42.9 Å². The van der Waals surface area contributed by atoms with Gasteiger partial charge in [-0.05, 0) is 29.8 Å². The molecule has 0 amide bonds. The van der Waals surface area contributed by atoms with Crippen LogP contribution in [0.25, 0.3) is 0 Å². The summed E-state index contributed by atoms with van der Waals surface area (Å²) in [5.41, 5.74) is 1.08. The average molecular weight is 349 g/mol. The van der Waals surface area contributed by atoms with Crippen molar-refractivity contribution >= 4 is 35.0 Å². The van der Waals surface area contributed by atoms with Crippen molar-refractivity contribution in [2.24, 2.45) is 0 Å². The average Bonchev–Trinajstić information content (AvgIpc) is 3.04. The van der Waals surface area contributed by atoms with E-state index in [2.05, 4.69) is 21.7 Å². The zero-order valence-electron chi connectivity index (χ0n) is 11.7. The van der Waals surface area contributed by atoms with Crippen LogP contribution in [0.3, 0.4) is 0 Å². The quantitative estimate of drug-likeness (QED) is 0.548. The van der Waals surface area contributed by atoms with Gasteiger partial charge in [-0.2, -0.15) is 0 Å². The van der Waals surface area contributed by atoms with Crippen molar-refractivity contribution in [3.05, 3.63) is 82.9 Å². The lowest BCUT2D eigenvalue weighted by atomic mass is 10.1. The molecule has 1 aromatic heterocycles. The largest absolute Gasteiger partial charge is 0.324 e. The second kappa shape index (κ2) is 7.23. The fourth-order valence-corrected chi connectivity index (χ4v) is 3.80. The third-order valence-corrected chi connectivity index (χ3v) is 5.10. The number of halogens is 2. The summed E-state index contributed by atoms with van der Waals surface area (Å²) in [6.45, 7) is 0. The van der Waals surface area contributed by atoms with Crippen LogP contribution in [0.15, 0.2) is 72.1 Å². The van der Waals surface area contributed by atoms with Crippen LogP contribution >= 0.6 is 35.0 Å². The van der Waals surface area contributed by atoms with E-state index < -0.39 is 0 Å². The van der Waals surface area contributed by atoms with Crippen molar-refractivity contribution in [2.45, 2.75) is 16.7 Å². The molecule has 2 nitrogen and oxygen atoms in total. The van der Waals surface area contributed by atoms with Crippen LogP contribution in [0.2, 0.25) is 10.0 Å². The highest BCUT2D eigenvalue weighted by Crippen LogP contribution is 2.35. The lowest BCUT2D eigenvalue weighted by molar-refractivity contribution is 0.674. The van der Waals surface area contributed by atoms with Crippen LogP contribution in [-0.2, 0) is 6.42 Å². The highest BCUT2D eigenvalue weighted by molar-refractivity contribution is 7.99. The van der Waals surface area contributed by atoms with Gasteiger partial charge < -0.3 is 4.57 Å². The third-order valence-electron chi connectivity index (χ3n) is 3.28. The lowest BCUT2D eigenvalue weighted by Crippen LogP contribution is -2.07. The van der Waals surface area contributed by atoms with E-state index in [4.69, 9.17) is 23.2 Å². The van der Waals surface area contributed by atoms with Gasteiger partial charge in [-0.1, -0.05) is 47.5 Å². The highest BCUT2D eigenvalue weighted by atomic mass is 35.5. The molecule has 22 heavy (non-hydrogen) atoms. The minimum absolute atomic E-state index is 0.184. The number of thioether (sulfide) groups is 1. The summed E-state index contributed by atoms with van der Waals surface area (Å²) in [4.78, 5) is 5.37. The van der Waals surface area contributed by atoms with Gasteiger partial charge in [0, 0.05) is 33.8 Å². The van der Waals surface area contributed by atoms with Gasteiger partial charge in [0.1, 0.15) is 0 Å². The summed E-state index contributed by atoms with van der Waals surface area (Å²) in [6.07, 6.45) is 6.41. The first-order valence-electron chi connectivity index (χ1n) is 6.85. The second-order valence-corrected chi connectivity index (χ2v) is 6.93. The number of nitrogens with zero attached hydrogens (tertiary/aromatic N) is 2. The van der Waals surface area contributed by atoms with E-state index in [-0.39, 0.29) is 5.37 Å². The van der Waals surface area contributed by atoms with Gasteiger partial charge in [-0.15, -0.1) is 11.8 Å². The van der Waals surface area contributed by atoms with E-state index >= 15 is 0 Å². The van der Waals surface area contributed by atoms with E-state index in [0.29, 0.717) is 10.0 Å². The maximum Gasteiger partial charge on any atom is 0.0955 e. The molecule has 0 radical (unpaired) electrons. The Bertz CT molecular complexity index is 730. The standard InChI is InChI=1S/C17H14Cl2N2S/c18-14-7-6-13(16(19)11-14)10-17(21-9-8-20-12-21)22-15-4-2-1-3-5-15/h1-9,11-12,17H,10H2. The first-order valence-corrected chi connectivity index (χ1v) is 8.49. The lowest BCUT2D eigenvalue weighted by Gasteiger charge is -2.19. The summed E-state index contributed by atoms with van der Waals surface area (Å²) in [6, 6.07) is 16.0. The molecule has 0 aliphatic carbocycles. The van der Waals surface area contributed by atoms with Gasteiger partial charge in [0.15, 0.2) is 0 Å². The molecule has 0 aliphatic rings. The van der Waals surface area contributed by atoms with Gasteiger partial charge in [0.05, 0.1) is 11.7 Å². The van der Waals surface area contributed by atoms with Crippen LogP contribution in [0.5, 0.6) is 0 Å². The highest BCUT2D eigenvalue weighted by Gasteiger charge is 2.15. The number of rotatable bonds is 5. The number of hydrogen-bond acceptors (Lipinski definition) is 2. The minimum atomic E-state index is 0.184. The van der Waals surface area contributed by atoms with Crippen molar-refractivity contribution in [3.63, 3.8) is 0 Å². The zero-order valence-corrected chi connectivity index (χ0v) is 14.0. The van der Waals surface area contributed by atoms with E-state index in [9.17, 15) is 0 Å². The molecule has 0 fully saturated rings. The van der Waals surface area contributed by atoms with Crippen molar-refractivity contribution in [1.29, 1.82) is 0 Å². The van der Waals surface area contributed by atoms with Gasteiger partial charge in [0.2, 0.25) is 0 Å². The molecule has 0 bridgehead atoms. The summed E-state index contributed by atoms with van der Waals surface area (Å²) >= 11 is 14.1. The molecule has 2 aromatic carbocycles. The van der Waals surface area contributed by atoms with Crippen LogP contribution in [-0.4, -0.2) is 9.55 Å². The predicted molar refractivity (Wildman–Crippen MR) is 93.7 cm³/mol. The SMILES string of the molecule is Clc1ccc(CC(Sc2ccccc2)n2ccnc2)c(Cl)c1. The smallest absolute Gasteiger partial charge is 0.0955 e. The fourth-order valence-electron chi connectivity index (χ4n) is 2.18. The van der Waals surface area contributed by atoms with Crippen LogP contribution < -0.4 is 0 Å². The maximum absolute atomic E-state index is 6.32. The molecule has 5 heteroatoms. The molecular weight excluding hydrogens is 335 g/mol. The topological polar surface area (TPSA) is 17.8 Å². The molecule has 0 aliphatic heterocycles. The Morgan fingerprint density at radius 2 is 1.91 bits per heavy atom. The second-order valence-electron chi connectivity index (χ2n) is 4.84. The van der Waals surface area contributed by atoms with Crippen molar-refractivity contribution < 1.29 is 0 Å². The first kappa shape index (κ1) is 15.5. The molecule has 3 aromatic rings. The van der Waals surface area contributed by atoms with Crippen molar-refractivity contribution in [3.8, 4) is 0 Å². The number of aromatic nitrogens is 2. The fraction of sp³-hybridized carbons (Fsp3) is 0.118. The Balaban J connectivity index is 1.86. The molecule has 0 spiro atoms. The number of benzene rings is 2. The van der Waals surface area contributed by atoms with Crippen LogP contribution in [0.4, 0.5) is 0 Å². The molecule has 0 N–H and O–H groups in total. The van der Waals surface area contributed by atoms with Crippen molar-refractivity contribution in [2.75, 3.05) is 0 Å². The number of imidazole rings is 1. The van der Waals surface area contributed by atoms with E-state index in [1.54, 1.807) is 24.0 Å². The molecule has 1 heterocycles. The molecule has 3 rings (SSSR count). The Hall–Kier alpha value is -1.42. The molecule has 1 atom stereocenters. The summed E-state index contributed by atoms with van der Waals surface area (Å²) in [7, 11) is 0. The van der Waals surface area contributed by atoms with Gasteiger partial charge >= 0.3 is 0 Å². The molecular formula is C17H14Cl2N2S. The summed E-state index contributed by atoms with van der Waals surface area (Å²) in [5.74, 6) is 0. The Kier molecular flexibility index (Phi) is 5.08. The monoisotopic (exact) mass is 348 g/mol.